The van der Waals surface area contributed by atoms with Gasteiger partial charge in [-0.05, 0) is 55.4 Å². The maximum absolute atomic E-state index is 5.14. The molecule has 0 unspecified atom stereocenters. The Morgan fingerprint density at radius 3 is 2.55 bits per heavy atom. The van der Waals surface area contributed by atoms with Gasteiger partial charge in [-0.1, -0.05) is 6.42 Å². The summed E-state index contributed by atoms with van der Waals surface area (Å²) in [7, 11) is 1.65. The maximum atomic E-state index is 5.14. The molecule has 1 aromatic heterocycles. The largest absolute Gasteiger partial charge is 0.497 e. The van der Waals surface area contributed by atoms with Crippen LogP contribution in [-0.2, 0) is 6.67 Å². The molecule has 2 heterocycles. The number of hydrogen-bond donors (Lipinski definition) is 0. The van der Waals surface area contributed by atoms with Crippen LogP contribution in [-0.4, -0.2) is 45.3 Å². The third-order valence-corrected chi connectivity index (χ3v) is 3.58. The van der Waals surface area contributed by atoms with Crippen molar-refractivity contribution >= 4 is 0 Å². The molecule has 3 rings (SSSR count). The van der Waals surface area contributed by atoms with E-state index in [1.54, 1.807) is 11.9 Å². The van der Waals surface area contributed by atoms with E-state index < -0.39 is 0 Å². The number of methoxy groups -OCH3 is 1. The Kier molecular flexibility index (Phi) is 3.92. The summed E-state index contributed by atoms with van der Waals surface area (Å²) >= 11 is 0. The first-order valence-corrected chi connectivity index (χ1v) is 7.00. The van der Waals surface area contributed by atoms with Gasteiger partial charge >= 0.3 is 0 Å². The van der Waals surface area contributed by atoms with E-state index in [-0.39, 0.29) is 0 Å². The number of hydrogen-bond acceptors (Lipinski definition) is 5. The minimum Gasteiger partial charge on any atom is -0.497 e. The summed E-state index contributed by atoms with van der Waals surface area (Å²) in [6, 6.07) is 7.70. The lowest BCUT2D eigenvalue weighted by molar-refractivity contribution is 0.161. The van der Waals surface area contributed by atoms with E-state index in [1.807, 2.05) is 24.3 Å². The first kappa shape index (κ1) is 13.1. The molecule has 1 aliphatic heterocycles. The van der Waals surface area contributed by atoms with Crippen molar-refractivity contribution in [3.63, 3.8) is 0 Å². The second-order valence-electron chi connectivity index (χ2n) is 5.03. The van der Waals surface area contributed by atoms with Crippen LogP contribution in [0.1, 0.15) is 19.3 Å². The summed E-state index contributed by atoms with van der Waals surface area (Å²) in [4.78, 5) is 4.04. The molecule has 0 N–H and O–H groups in total. The van der Waals surface area contributed by atoms with Crippen molar-refractivity contribution in [1.29, 1.82) is 0 Å². The number of ether oxygens (including phenoxy) is 1. The van der Waals surface area contributed by atoms with Gasteiger partial charge in [0.1, 0.15) is 12.4 Å². The fourth-order valence-electron chi connectivity index (χ4n) is 2.44. The molecule has 1 aliphatic rings. The Bertz CT molecular complexity index is 545. The Morgan fingerprint density at radius 1 is 1.10 bits per heavy atom. The summed E-state index contributed by atoms with van der Waals surface area (Å²) in [5.74, 6) is 1.49. The molecule has 1 aromatic carbocycles. The van der Waals surface area contributed by atoms with Gasteiger partial charge < -0.3 is 4.74 Å². The van der Waals surface area contributed by atoms with E-state index in [9.17, 15) is 0 Å². The monoisotopic (exact) mass is 273 g/mol. The molecular formula is C14H19N5O. The SMILES string of the molecule is COc1ccc(-c2nnn(CN3CCCCC3)n2)cc1. The van der Waals surface area contributed by atoms with Crippen molar-refractivity contribution in [3.8, 4) is 17.1 Å². The van der Waals surface area contributed by atoms with Crippen LogP contribution in [0.15, 0.2) is 24.3 Å². The fourth-order valence-corrected chi connectivity index (χ4v) is 2.44. The minimum atomic E-state index is 0.657. The molecule has 6 heteroatoms. The molecule has 0 atom stereocenters. The topological polar surface area (TPSA) is 56.1 Å². The number of piperidine rings is 1. The predicted octanol–water partition coefficient (Wildman–Crippen LogP) is 1.79. The molecule has 6 nitrogen and oxygen atoms in total. The van der Waals surface area contributed by atoms with Crippen LogP contribution in [0.5, 0.6) is 5.75 Å². The average molecular weight is 273 g/mol. The Hall–Kier alpha value is -1.95. The van der Waals surface area contributed by atoms with Gasteiger partial charge in [0.25, 0.3) is 0 Å². The summed E-state index contributed by atoms with van der Waals surface area (Å²) in [5.41, 5.74) is 0.954. The summed E-state index contributed by atoms with van der Waals surface area (Å²) in [5, 5.41) is 12.7. The molecule has 1 saturated heterocycles. The molecule has 1 fully saturated rings. The number of rotatable bonds is 4. The maximum Gasteiger partial charge on any atom is 0.204 e. The fraction of sp³-hybridized carbons (Fsp3) is 0.500. The molecular weight excluding hydrogens is 254 g/mol. The molecule has 0 saturated carbocycles. The van der Waals surface area contributed by atoms with Gasteiger partial charge in [0, 0.05) is 5.56 Å². The zero-order valence-corrected chi connectivity index (χ0v) is 11.7. The third-order valence-electron chi connectivity index (χ3n) is 3.58. The second-order valence-corrected chi connectivity index (χ2v) is 5.03. The molecule has 0 bridgehead atoms. The lowest BCUT2D eigenvalue weighted by atomic mass is 10.1. The number of aromatic nitrogens is 4. The number of tetrazole rings is 1. The van der Waals surface area contributed by atoms with Crippen LogP contribution in [0.25, 0.3) is 11.4 Å². The highest BCUT2D eigenvalue weighted by Gasteiger charge is 2.12. The lowest BCUT2D eigenvalue weighted by Gasteiger charge is -2.25. The van der Waals surface area contributed by atoms with Crippen molar-refractivity contribution < 1.29 is 4.74 Å². The van der Waals surface area contributed by atoms with Crippen LogP contribution in [0.4, 0.5) is 0 Å². The standard InChI is InChI=1S/C14H19N5O/c1-20-13-7-5-12(6-8-13)14-15-17-19(16-14)11-18-9-3-2-4-10-18/h5-8H,2-4,9-11H2,1H3. The highest BCUT2D eigenvalue weighted by molar-refractivity contribution is 5.55. The molecule has 106 valence electrons. The summed E-state index contributed by atoms with van der Waals surface area (Å²) < 4.78 is 5.14. The quantitative estimate of drug-likeness (QED) is 0.850. The smallest absolute Gasteiger partial charge is 0.204 e. The minimum absolute atomic E-state index is 0.657. The number of nitrogens with zero attached hydrogens (tertiary/aromatic N) is 5. The number of likely N-dealkylation sites (tertiary alicyclic amines) is 1. The Labute approximate surface area is 118 Å². The van der Waals surface area contributed by atoms with Crippen LogP contribution in [0.3, 0.4) is 0 Å². The summed E-state index contributed by atoms with van der Waals surface area (Å²) in [6.45, 7) is 2.97. The molecule has 20 heavy (non-hydrogen) atoms. The third kappa shape index (κ3) is 2.96. The summed E-state index contributed by atoms with van der Waals surface area (Å²) in [6.07, 6.45) is 3.86. The van der Waals surface area contributed by atoms with Crippen LogP contribution in [0.2, 0.25) is 0 Å². The first-order valence-electron chi connectivity index (χ1n) is 7.00. The molecule has 0 spiro atoms. The van der Waals surface area contributed by atoms with Crippen molar-refractivity contribution in [3.05, 3.63) is 24.3 Å². The van der Waals surface area contributed by atoms with Crippen molar-refractivity contribution in [1.82, 2.24) is 25.1 Å². The van der Waals surface area contributed by atoms with Crippen molar-refractivity contribution in [2.45, 2.75) is 25.9 Å². The van der Waals surface area contributed by atoms with Gasteiger partial charge in [0.15, 0.2) is 0 Å². The zero-order chi connectivity index (χ0) is 13.8. The Balaban J connectivity index is 1.68. The van der Waals surface area contributed by atoms with Gasteiger partial charge in [-0.25, -0.2) is 0 Å². The first-order chi connectivity index (χ1) is 9.85. The van der Waals surface area contributed by atoms with Gasteiger partial charge in [-0.15, -0.1) is 15.0 Å². The van der Waals surface area contributed by atoms with Crippen LogP contribution in [0, 0.1) is 0 Å². The van der Waals surface area contributed by atoms with Crippen molar-refractivity contribution in [2.24, 2.45) is 0 Å². The van der Waals surface area contributed by atoms with Crippen molar-refractivity contribution in [2.75, 3.05) is 20.2 Å². The molecule has 0 aliphatic carbocycles. The zero-order valence-electron chi connectivity index (χ0n) is 11.7. The normalized spacial score (nSPS) is 16.2. The van der Waals surface area contributed by atoms with Crippen LogP contribution < -0.4 is 4.74 Å². The molecule has 0 amide bonds. The van der Waals surface area contributed by atoms with E-state index in [1.165, 1.54) is 19.3 Å². The molecule has 0 radical (unpaired) electrons. The van der Waals surface area contributed by atoms with Gasteiger partial charge in [0.2, 0.25) is 5.82 Å². The predicted molar refractivity (Wildman–Crippen MR) is 75.2 cm³/mol. The van der Waals surface area contributed by atoms with E-state index in [4.69, 9.17) is 4.74 Å². The Morgan fingerprint density at radius 2 is 1.85 bits per heavy atom. The highest BCUT2D eigenvalue weighted by Crippen LogP contribution is 2.18. The lowest BCUT2D eigenvalue weighted by Crippen LogP contribution is -2.32. The van der Waals surface area contributed by atoms with Gasteiger partial charge in [0.05, 0.1) is 7.11 Å². The van der Waals surface area contributed by atoms with Gasteiger partial charge in [-0.2, -0.15) is 0 Å². The highest BCUT2D eigenvalue weighted by atomic mass is 16.5. The average Bonchev–Trinajstić information content (AvgIpc) is 2.97. The van der Waals surface area contributed by atoms with Gasteiger partial charge in [-0.3, -0.25) is 4.90 Å². The van der Waals surface area contributed by atoms with E-state index >= 15 is 0 Å². The van der Waals surface area contributed by atoms with E-state index in [0.717, 1.165) is 31.1 Å². The van der Waals surface area contributed by atoms with E-state index in [2.05, 4.69) is 20.3 Å². The number of benzene rings is 1. The van der Waals surface area contributed by atoms with E-state index in [0.29, 0.717) is 5.82 Å². The molecule has 2 aromatic rings. The second kappa shape index (κ2) is 6.00. The van der Waals surface area contributed by atoms with Crippen LogP contribution >= 0.6 is 0 Å².